The molecule has 0 fully saturated rings. The first kappa shape index (κ1) is 29.0. The molecule has 1 aliphatic heterocycles. The van der Waals surface area contributed by atoms with Gasteiger partial charge in [-0.25, -0.2) is 13.1 Å². The van der Waals surface area contributed by atoms with E-state index in [0.29, 0.717) is 24.4 Å². The summed E-state index contributed by atoms with van der Waals surface area (Å²) < 4.78 is 34.5. The van der Waals surface area contributed by atoms with Gasteiger partial charge in [0, 0.05) is 19.0 Å². The van der Waals surface area contributed by atoms with Crippen molar-refractivity contribution in [3.05, 3.63) is 126 Å². The average molecular weight is 584 g/mol. The molecule has 2 N–H and O–H groups in total. The highest BCUT2D eigenvalue weighted by molar-refractivity contribution is 7.89. The number of rotatable bonds is 10. The van der Waals surface area contributed by atoms with E-state index in [1.807, 2.05) is 66.7 Å². The third kappa shape index (κ3) is 7.05. The molecule has 216 valence electrons. The first-order chi connectivity index (χ1) is 20.3. The molecule has 0 saturated heterocycles. The number of fused-ring (bicyclic) bond motifs is 1. The summed E-state index contributed by atoms with van der Waals surface area (Å²) in [7, 11) is -3.72. The molecule has 0 spiro atoms. The predicted octanol–water partition coefficient (Wildman–Crippen LogP) is 4.77. The van der Waals surface area contributed by atoms with Crippen LogP contribution in [-0.2, 0) is 32.6 Å². The summed E-state index contributed by atoms with van der Waals surface area (Å²) in [5.74, 6) is 0.0311. The van der Waals surface area contributed by atoms with Gasteiger partial charge in [0.15, 0.2) is 6.10 Å². The summed E-state index contributed by atoms with van der Waals surface area (Å²) >= 11 is 0. The third-order valence-electron chi connectivity index (χ3n) is 7.17. The van der Waals surface area contributed by atoms with E-state index in [9.17, 15) is 18.0 Å². The van der Waals surface area contributed by atoms with E-state index in [2.05, 4.69) is 10.0 Å². The maximum absolute atomic E-state index is 13.4. The summed E-state index contributed by atoms with van der Waals surface area (Å²) in [5, 5.41) is 2.90. The molecule has 0 aromatic heterocycles. The number of ether oxygens (including phenoxy) is 1. The Kier molecular flexibility index (Phi) is 9.00. The van der Waals surface area contributed by atoms with E-state index in [4.69, 9.17) is 4.74 Å². The molecule has 8 nitrogen and oxygen atoms in total. The van der Waals surface area contributed by atoms with Gasteiger partial charge in [-0.1, -0.05) is 84.9 Å². The zero-order chi connectivity index (χ0) is 29.5. The minimum absolute atomic E-state index is 0.0962. The number of aryl methyl sites for hydroxylation is 1. The summed E-state index contributed by atoms with van der Waals surface area (Å²) in [6.07, 6.45) is -0.248. The van der Waals surface area contributed by atoms with Gasteiger partial charge in [0.25, 0.3) is 5.91 Å². The van der Waals surface area contributed by atoms with E-state index >= 15 is 0 Å². The Labute approximate surface area is 246 Å². The summed E-state index contributed by atoms with van der Waals surface area (Å²) in [5.41, 5.74) is 3.29. The molecule has 0 bridgehead atoms. The third-order valence-corrected chi connectivity index (χ3v) is 8.73. The van der Waals surface area contributed by atoms with Gasteiger partial charge < -0.3 is 15.0 Å². The van der Waals surface area contributed by atoms with Gasteiger partial charge in [0.2, 0.25) is 15.9 Å². The van der Waals surface area contributed by atoms with Crippen molar-refractivity contribution in [2.45, 2.75) is 43.4 Å². The first-order valence-corrected chi connectivity index (χ1v) is 15.3. The van der Waals surface area contributed by atoms with Crippen molar-refractivity contribution in [1.29, 1.82) is 0 Å². The molecule has 2 atom stereocenters. The average Bonchev–Trinajstić information content (AvgIpc) is 3.02. The number of amides is 2. The first-order valence-electron chi connectivity index (χ1n) is 13.8. The van der Waals surface area contributed by atoms with Gasteiger partial charge in [0.1, 0.15) is 5.75 Å². The normalized spacial score (nSPS) is 15.3. The minimum Gasteiger partial charge on any atom is -0.477 e. The standard InChI is InChI=1S/C33H33N3O5S/c1-24(27-12-6-3-7-13-27)35-42(39,40)28-19-16-25(17-20-28)18-21-32(37)36-23-31(41-30-15-9-8-14-29(30)36)33(38)34-22-26-10-4-2-5-11-26/h2-17,19-20,24,31,35H,18,21-23H2,1H3,(H,34,38)/t24-,31+/m0/s1. The molecule has 2 amide bonds. The van der Waals surface area contributed by atoms with Crippen molar-refractivity contribution in [2.75, 3.05) is 11.4 Å². The summed E-state index contributed by atoms with van der Waals surface area (Å²) in [6, 6.07) is 32.3. The molecule has 1 heterocycles. The van der Waals surface area contributed by atoms with E-state index in [1.165, 1.54) is 0 Å². The smallest absolute Gasteiger partial charge is 0.263 e. The summed E-state index contributed by atoms with van der Waals surface area (Å²) in [6.45, 7) is 2.26. The molecule has 0 aliphatic carbocycles. The van der Waals surface area contributed by atoms with Crippen LogP contribution in [-0.4, -0.2) is 32.9 Å². The van der Waals surface area contributed by atoms with Crippen LogP contribution in [0.5, 0.6) is 5.75 Å². The molecular weight excluding hydrogens is 550 g/mol. The zero-order valence-electron chi connectivity index (χ0n) is 23.3. The van der Waals surface area contributed by atoms with Crippen molar-refractivity contribution in [2.24, 2.45) is 0 Å². The fraction of sp³-hybridized carbons (Fsp3) is 0.212. The molecule has 0 unspecified atom stereocenters. The van der Waals surface area contributed by atoms with E-state index in [-0.39, 0.29) is 35.7 Å². The highest BCUT2D eigenvalue weighted by Gasteiger charge is 2.33. The number of hydrogen-bond donors (Lipinski definition) is 2. The quantitative estimate of drug-likeness (QED) is 0.280. The fourth-order valence-corrected chi connectivity index (χ4v) is 6.07. The second-order valence-electron chi connectivity index (χ2n) is 10.2. The Bertz CT molecular complexity index is 1630. The van der Waals surface area contributed by atoms with Crippen molar-refractivity contribution in [1.82, 2.24) is 10.0 Å². The van der Waals surface area contributed by atoms with Gasteiger partial charge in [-0.15, -0.1) is 0 Å². The fourth-order valence-electron chi connectivity index (χ4n) is 4.84. The maximum atomic E-state index is 13.4. The number of carbonyl (C=O) groups is 2. The van der Waals surface area contributed by atoms with Crippen molar-refractivity contribution in [3.63, 3.8) is 0 Å². The molecule has 42 heavy (non-hydrogen) atoms. The maximum Gasteiger partial charge on any atom is 0.263 e. The Balaban J connectivity index is 1.20. The van der Waals surface area contributed by atoms with Gasteiger partial charge >= 0.3 is 0 Å². The second-order valence-corrected chi connectivity index (χ2v) is 11.9. The lowest BCUT2D eigenvalue weighted by Gasteiger charge is -2.34. The number of hydrogen-bond acceptors (Lipinski definition) is 5. The lowest BCUT2D eigenvalue weighted by Crippen LogP contribution is -2.50. The van der Waals surface area contributed by atoms with E-state index in [1.54, 1.807) is 54.3 Å². The molecule has 9 heteroatoms. The van der Waals surface area contributed by atoms with Gasteiger partial charge in [0.05, 0.1) is 17.1 Å². The lowest BCUT2D eigenvalue weighted by molar-refractivity contribution is -0.128. The van der Waals surface area contributed by atoms with Gasteiger partial charge in [-0.05, 0) is 54.3 Å². The number of anilines is 1. The topological polar surface area (TPSA) is 105 Å². The molecule has 5 rings (SSSR count). The second kappa shape index (κ2) is 13.0. The van der Waals surface area contributed by atoms with Crippen molar-refractivity contribution in [3.8, 4) is 5.75 Å². The van der Waals surface area contributed by atoms with Crippen LogP contribution in [0.15, 0.2) is 114 Å². The Hall–Kier alpha value is -4.47. The van der Waals surface area contributed by atoms with Crippen LogP contribution in [0.1, 0.15) is 36.1 Å². The summed E-state index contributed by atoms with van der Waals surface area (Å²) in [4.78, 5) is 28.1. The van der Waals surface area contributed by atoms with Crippen LogP contribution in [0.2, 0.25) is 0 Å². The van der Waals surface area contributed by atoms with Crippen LogP contribution < -0.4 is 19.7 Å². The Morgan fingerprint density at radius 2 is 1.50 bits per heavy atom. The SMILES string of the molecule is C[C@H](NS(=O)(=O)c1ccc(CCC(=O)N2C[C@H](C(=O)NCc3ccccc3)Oc3ccccc32)cc1)c1ccccc1. The molecule has 4 aromatic rings. The molecule has 0 radical (unpaired) electrons. The molecule has 1 aliphatic rings. The van der Waals surface area contributed by atoms with Gasteiger partial charge in [-0.3, -0.25) is 9.59 Å². The van der Waals surface area contributed by atoms with Crippen LogP contribution in [0.25, 0.3) is 0 Å². The highest BCUT2D eigenvalue weighted by atomic mass is 32.2. The number of nitrogens with one attached hydrogen (secondary N) is 2. The molecule has 0 saturated carbocycles. The largest absolute Gasteiger partial charge is 0.477 e. The van der Waals surface area contributed by atoms with Crippen LogP contribution >= 0.6 is 0 Å². The van der Waals surface area contributed by atoms with Crippen LogP contribution in [0.4, 0.5) is 5.69 Å². The van der Waals surface area contributed by atoms with Crippen LogP contribution in [0, 0.1) is 0 Å². The highest BCUT2D eigenvalue weighted by Crippen LogP contribution is 2.33. The van der Waals surface area contributed by atoms with Crippen molar-refractivity contribution >= 4 is 27.5 Å². The number of sulfonamides is 1. The van der Waals surface area contributed by atoms with Crippen molar-refractivity contribution < 1.29 is 22.7 Å². The van der Waals surface area contributed by atoms with Crippen LogP contribution in [0.3, 0.4) is 0 Å². The number of benzene rings is 4. The Morgan fingerprint density at radius 1 is 0.857 bits per heavy atom. The predicted molar refractivity (Wildman–Crippen MR) is 161 cm³/mol. The number of nitrogens with zero attached hydrogens (tertiary/aromatic N) is 1. The van der Waals surface area contributed by atoms with E-state index in [0.717, 1.165) is 16.7 Å². The number of para-hydroxylation sites is 2. The number of carbonyl (C=O) groups excluding carboxylic acids is 2. The molecule has 4 aromatic carbocycles. The van der Waals surface area contributed by atoms with Gasteiger partial charge in [-0.2, -0.15) is 0 Å². The minimum atomic E-state index is -3.72. The lowest BCUT2D eigenvalue weighted by atomic mass is 10.1. The zero-order valence-corrected chi connectivity index (χ0v) is 24.1. The van der Waals surface area contributed by atoms with E-state index < -0.39 is 16.1 Å². The Morgan fingerprint density at radius 3 is 2.21 bits per heavy atom. The monoisotopic (exact) mass is 583 g/mol. The molecular formula is C33H33N3O5S.